The molecule has 0 bridgehead atoms. The van der Waals surface area contributed by atoms with Crippen molar-refractivity contribution in [1.29, 1.82) is 0 Å². The van der Waals surface area contributed by atoms with Gasteiger partial charge >= 0.3 is 0 Å². The van der Waals surface area contributed by atoms with E-state index in [0.717, 1.165) is 10.8 Å². The van der Waals surface area contributed by atoms with Gasteiger partial charge < -0.3 is 10.4 Å². The summed E-state index contributed by atoms with van der Waals surface area (Å²) in [4.78, 5) is 15.9. The molecule has 0 aliphatic carbocycles. The molecule has 0 spiro atoms. The van der Waals surface area contributed by atoms with E-state index in [9.17, 15) is 4.79 Å². The van der Waals surface area contributed by atoms with E-state index in [-0.39, 0.29) is 12.5 Å². The molecule has 88 valence electrons. The van der Waals surface area contributed by atoms with Crippen molar-refractivity contribution in [1.82, 2.24) is 10.3 Å². The molecule has 0 saturated heterocycles. The first kappa shape index (κ1) is 11.5. The average molecular weight is 230 g/mol. The number of carbonyl (C=O) groups is 1. The van der Waals surface area contributed by atoms with Crippen molar-refractivity contribution in [2.75, 3.05) is 6.54 Å². The van der Waals surface area contributed by atoms with Gasteiger partial charge in [0.1, 0.15) is 0 Å². The second-order valence-corrected chi connectivity index (χ2v) is 3.97. The van der Waals surface area contributed by atoms with E-state index in [1.54, 1.807) is 19.3 Å². The summed E-state index contributed by atoms with van der Waals surface area (Å²) in [6.45, 7) is 1.86. The van der Waals surface area contributed by atoms with Gasteiger partial charge in [0, 0.05) is 24.3 Å². The van der Waals surface area contributed by atoms with Crippen LogP contribution in [-0.2, 0) is 0 Å². The highest BCUT2D eigenvalue weighted by Gasteiger charge is 2.10. The third kappa shape index (κ3) is 2.60. The monoisotopic (exact) mass is 230 g/mol. The molecule has 0 aliphatic heterocycles. The van der Waals surface area contributed by atoms with E-state index in [1.807, 2.05) is 24.3 Å². The molecule has 0 aliphatic rings. The van der Waals surface area contributed by atoms with Gasteiger partial charge in [-0.1, -0.05) is 24.3 Å². The zero-order valence-electron chi connectivity index (χ0n) is 9.55. The fraction of sp³-hybridized carbons (Fsp3) is 0.231. The van der Waals surface area contributed by atoms with Crippen molar-refractivity contribution in [2.24, 2.45) is 0 Å². The van der Waals surface area contributed by atoms with Crippen LogP contribution in [0.5, 0.6) is 0 Å². The van der Waals surface area contributed by atoms with E-state index in [0.29, 0.717) is 5.56 Å². The van der Waals surface area contributed by atoms with E-state index in [2.05, 4.69) is 10.3 Å². The van der Waals surface area contributed by atoms with Crippen LogP contribution in [0.15, 0.2) is 36.7 Å². The smallest absolute Gasteiger partial charge is 0.253 e. The highest BCUT2D eigenvalue weighted by molar-refractivity contribution is 6.06. The molecule has 1 unspecified atom stereocenters. The van der Waals surface area contributed by atoms with Gasteiger partial charge in [0.05, 0.1) is 11.7 Å². The first-order valence-corrected chi connectivity index (χ1v) is 5.47. The molecule has 2 rings (SSSR count). The van der Waals surface area contributed by atoms with E-state index in [1.165, 1.54) is 0 Å². The number of hydrogen-bond acceptors (Lipinski definition) is 3. The molecule has 2 N–H and O–H groups in total. The molecule has 2 aromatic rings. The van der Waals surface area contributed by atoms with Crippen LogP contribution in [0.2, 0.25) is 0 Å². The first-order valence-electron chi connectivity index (χ1n) is 5.47. The molecule has 0 fully saturated rings. The van der Waals surface area contributed by atoms with E-state index >= 15 is 0 Å². The lowest BCUT2D eigenvalue weighted by Gasteiger charge is -2.08. The third-order valence-electron chi connectivity index (χ3n) is 2.47. The Labute approximate surface area is 99.3 Å². The number of rotatable bonds is 3. The molecule has 1 atom stereocenters. The fourth-order valence-electron chi connectivity index (χ4n) is 1.63. The minimum Gasteiger partial charge on any atom is -0.392 e. The molecule has 17 heavy (non-hydrogen) atoms. The predicted octanol–water partition coefficient (Wildman–Crippen LogP) is 1.35. The first-order chi connectivity index (χ1) is 8.18. The normalized spacial score (nSPS) is 12.4. The summed E-state index contributed by atoms with van der Waals surface area (Å²) in [5, 5.41) is 13.6. The quantitative estimate of drug-likeness (QED) is 0.836. The van der Waals surface area contributed by atoms with Gasteiger partial charge in [-0.2, -0.15) is 0 Å². The molecule has 0 radical (unpaired) electrons. The number of aliphatic hydroxyl groups excluding tert-OH is 1. The van der Waals surface area contributed by atoms with Gasteiger partial charge in [-0.3, -0.25) is 9.78 Å². The zero-order valence-corrected chi connectivity index (χ0v) is 9.55. The van der Waals surface area contributed by atoms with Crippen molar-refractivity contribution in [3.63, 3.8) is 0 Å². The predicted molar refractivity (Wildman–Crippen MR) is 65.8 cm³/mol. The number of aromatic nitrogens is 1. The maximum atomic E-state index is 11.9. The Morgan fingerprint density at radius 2 is 2.18 bits per heavy atom. The van der Waals surface area contributed by atoms with Crippen LogP contribution in [-0.4, -0.2) is 28.6 Å². The van der Waals surface area contributed by atoms with Crippen LogP contribution in [0.3, 0.4) is 0 Å². The lowest BCUT2D eigenvalue weighted by Crippen LogP contribution is -2.30. The number of hydrogen-bond donors (Lipinski definition) is 2. The fourth-order valence-corrected chi connectivity index (χ4v) is 1.63. The number of amides is 1. The summed E-state index contributed by atoms with van der Waals surface area (Å²) in [5.41, 5.74) is 0.531. The largest absolute Gasteiger partial charge is 0.392 e. The molecular formula is C13H14N2O2. The Hall–Kier alpha value is -1.94. The zero-order chi connectivity index (χ0) is 12.3. The summed E-state index contributed by atoms with van der Waals surface area (Å²) in [6, 6.07) is 7.58. The van der Waals surface area contributed by atoms with Crippen LogP contribution < -0.4 is 5.32 Å². The van der Waals surface area contributed by atoms with Crippen molar-refractivity contribution in [2.45, 2.75) is 13.0 Å². The average Bonchev–Trinajstić information content (AvgIpc) is 2.35. The van der Waals surface area contributed by atoms with Crippen LogP contribution in [0.4, 0.5) is 0 Å². The Balaban J connectivity index is 2.32. The minimum absolute atomic E-state index is 0.213. The van der Waals surface area contributed by atoms with Gasteiger partial charge in [-0.25, -0.2) is 0 Å². The summed E-state index contributed by atoms with van der Waals surface area (Å²) >= 11 is 0. The standard InChI is InChI=1S/C13H14N2O2/c1-9(16)6-15-13(17)12-8-14-7-10-4-2-3-5-11(10)12/h2-5,7-9,16H,6H2,1H3,(H,15,17). The van der Waals surface area contributed by atoms with E-state index in [4.69, 9.17) is 5.11 Å². The third-order valence-corrected chi connectivity index (χ3v) is 2.47. The van der Waals surface area contributed by atoms with Gasteiger partial charge in [-0.05, 0) is 12.3 Å². The maximum absolute atomic E-state index is 11.9. The molecule has 1 amide bonds. The van der Waals surface area contributed by atoms with Gasteiger partial charge in [-0.15, -0.1) is 0 Å². The molecule has 4 nitrogen and oxygen atoms in total. The van der Waals surface area contributed by atoms with Gasteiger partial charge in [0.15, 0.2) is 0 Å². The van der Waals surface area contributed by atoms with E-state index < -0.39 is 6.10 Å². The lowest BCUT2D eigenvalue weighted by atomic mass is 10.1. The van der Waals surface area contributed by atoms with Gasteiger partial charge in [0.25, 0.3) is 5.91 Å². The second-order valence-electron chi connectivity index (χ2n) is 3.97. The Morgan fingerprint density at radius 1 is 1.41 bits per heavy atom. The molecule has 1 aromatic heterocycles. The molecule has 4 heteroatoms. The summed E-state index contributed by atoms with van der Waals surface area (Å²) in [7, 11) is 0. The summed E-state index contributed by atoms with van der Waals surface area (Å²) < 4.78 is 0. The molecule has 1 heterocycles. The van der Waals surface area contributed by atoms with Crippen LogP contribution >= 0.6 is 0 Å². The number of benzene rings is 1. The van der Waals surface area contributed by atoms with Crippen molar-refractivity contribution >= 4 is 16.7 Å². The number of carbonyl (C=O) groups excluding carboxylic acids is 1. The lowest BCUT2D eigenvalue weighted by molar-refractivity contribution is 0.0925. The maximum Gasteiger partial charge on any atom is 0.253 e. The van der Waals surface area contributed by atoms with Crippen molar-refractivity contribution in [3.05, 3.63) is 42.2 Å². The molecule has 0 saturated carbocycles. The summed E-state index contributed by atoms with van der Waals surface area (Å²) in [6.07, 6.45) is 2.71. The van der Waals surface area contributed by atoms with Crippen LogP contribution in [0.1, 0.15) is 17.3 Å². The van der Waals surface area contributed by atoms with Crippen LogP contribution in [0.25, 0.3) is 10.8 Å². The van der Waals surface area contributed by atoms with Crippen LogP contribution in [0, 0.1) is 0 Å². The number of pyridine rings is 1. The number of fused-ring (bicyclic) bond motifs is 1. The Bertz CT molecular complexity index is 532. The highest BCUT2D eigenvalue weighted by atomic mass is 16.3. The Kier molecular flexibility index (Phi) is 3.35. The number of aliphatic hydroxyl groups is 1. The van der Waals surface area contributed by atoms with Crippen molar-refractivity contribution in [3.8, 4) is 0 Å². The SMILES string of the molecule is CC(O)CNC(=O)c1cncc2ccccc12. The van der Waals surface area contributed by atoms with Crippen molar-refractivity contribution < 1.29 is 9.90 Å². The number of nitrogens with one attached hydrogen (secondary N) is 1. The Morgan fingerprint density at radius 3 is 2.94 bits per heavy atom. The molecular weight excluding hydrogens is 216 g/mol. The molecule has 1 aromatic carbocycles. The number of nitrogens with zero attached hydrogens (tertiary/aromatic N) is 1. The summed E-state index contributed by atoms with van der Waals surface area (Å²) in [5.74, 6) is -0.213. The minimum atomic E-state index is -0.554. The highest BCUT2D eigenvalue weighted by Crippen LogP contribution is 2.16. The van der Waals surface area contributed by atoms with Gasteiger partial charge in [0.2, 0.25) is 0 Å². The topological polar surface area (TPSA) is 62.2 Å². The second kappa shape index (κ2) is 4.93.